The predicted molar refractivity (Wildman–Crippen MR) is 73.5 cm³/mol. The molecule has 1 aromatic carbocycles. The molecule has 1 atom stereocenters. The van der Waals surface area contributed by atoms with Crippen LogP contribution >= 0.6 is 11.6 Å². The van der Waals surface area contributed by atoms with Crippen LogP contribution in [0.5, 0.6) is 0 Å². The molecule has 2 N–H and O–H groups in total. The molecule has 0 spiro atoms. The highest BCUT2D eigenvalue weighted by Crippen LogP contribution is 2.21. The largest absolute Gasteiger partial charge is 0.479 e. The third kappa shape index (κ3) is 4.51. The molecule has 1 aromatic rings. The molecular formula is C14H17ClO5. The summed E-state index contributed by atoms with van der Waals surface area (Å²) >= 11 is 5.82. The number of hydrogen-bond acceptors (Lipinski definition) is 4. The molecule has 0 aliphatic rings. The normalized spacial score (nSPS) is 11.9. The average molecular weight is 301 g/mol. The molecule has 0 amide bonds. The highest BCUT2D eigenvalue weighted by molar-refractivity contribution is 6.17. The molecule has 6 heteroatoms. The van der Waals surface area contributed by atoms with E-state index in [1.165, 1.54) is 6.07 Å². The van der Waals surface area contributed by atoms with E-state index in [9.17, 15) is 14.7 Å². The van der Waals surface area contributed by atoms with Gasteiger partial charge in [-0.05, 0) is 30.0 Å². The second-order valence-corrected chi connectivity index (χ2v) is 4.47. The maximum absolute atomic E-state index is 11.3. The van der Waals surface area contributed by atoms with Gasteiger partial charge in [0.05, 0.1) is 6.61 Å². The highest BCUT2D eigenvalue weighted by Gasteiger charge is 2.17. The Labute approximate surface area is 122 Å². The van der Waals surface area contributed by atoms with Crippen molar-refractivity contribution in [2.45, 2.75) is 31.7 Å². The van der Waals surface area contributed by atoms with Crippen molar-refractivity contribution in [3.8, 4) is 0 Å². The third-order valence-corrected chi connectivity index (χ3v) is 3.12. The lowest BCUT2D eigenvalue weighted by molar-refractivity contribution is -0.147. The van der Waals surface area contributed by atoms with Crippen LogP contribution in [0.25, 0.3) is 0 Å². The summed E-state index contributed by atoms with van der Waals surface area (Å²) in [6.45, 7) is 2.08. The number of aliphatic hydroxyl groups excluding tert-OH is 1. The van der Waals surface area contributed by atoms with Crippen LogP contribution in [0.1, 0.15) is 36.1 Å². The second kappa shape index (κ2) is 7.87. The SMILES string of the molecule is CCOC(=O)CCc1ccc(C(O)C(=O)O)cc1CCl. The van der Waals surface area contributed by atoms with Gasteiger partial charge in [-0.2, -0.15) is 0 Å². The number of alkyl halides is 1. The van der Waals surface area contributed by atoms with Gasteiger partial charge in [-0.3, -0.25) is 4.79 Å². The Morgan fingerprint density at radius 1 is 1.35 bits per heavy atom. The molecule has 0 aromatic heterocycles. The number of esters is 1. The average Bonchev–Trinajstić information content (AvgIpc) is 2.44. The Hall–Kier alpha value is -1.59. The fourth-order valence-electron chi connectivity index (χ4n) is 1.80. The highest BCUT2D eigenvalue weighted by atomic mass is 35.5. The van der Waals surface area contributed by atoms with E-state index in [2.05, 4.69) is 0 Å². The van der Waals surface area contributed by atoms with E-state index in [0.717, 1.165) is 5.56 Å². The maximum Gasteiger partial charge on any atom is 0.337 e. The van der Waals surface area contributed by atoms with Crippen molar-refractivity contribution >= 4 is 23.5 Å². The molecular weight excluding hydrogens is 284 g/mol. The number of rotatable bonds is 7. The molecule has 20 heavy (non-hydrogen) atoms. The number of ether oxygens (including phenoxy) is 1. The van der Waals surface area contributed by atoms with Gasteiger partial charge in [0.1, 0.15) is 0 Å². The van der Waals surface area contributed by atoms with Gasteiger partial charge in [-0.15, -0.1) is 11.6 Å². The Kier molecular flexibility index (Phi) is 6.48. The summed E-state index contributed by atoms with van der Waals surface area (Å²) in [5.41, 5.74) is 1.82. The molecule has 0 bridgehead atoms. The standard InChI is InChI=1S/C14H17ClO5/c1-2-20-12(16)6-5-9-3-4-10(7-11(9)8-15)13(17)14(18)19/h3-4,7,13,17H,2,5-6,8H2,1H3,(H,18,19). The molecule has 0 aliphatic heterocycles. The zero-order chi connectivity index (χ0) is 15.1. The molecule has 0 radical (unpaired) electrons. The topological polar surface area (TPSA) is 83.8 Å². The van der Waals surface area contributed by atoms with Crippen LogP contribution in [-0.2, 0) is 26.6 Å². The van der Waals surface area contributed by atoms with Gasteiger partial charge in [-0.1, -0.05) is 18.2 Å². The van der Waals surface area contributed by atoms with Crippen LogP contribution in [0.3, 0.4) is 0 Å². The number of carboxylic acid groups (broad SMARTS) is 1. The first-order valence-electron chi connectivity index (χ1n) is 6.23. The zero-order valence-electron chi connectivity index (χ0n) is 11.1. The van der Waals surface area contributed by atoms with Crippen molar-refractivity contribution in [1.82, 2.24) is 0 Å². The molecule has 0 saturated carbocycles. The summed E-state index contributed by atoms with van der Waals surface area (Å²) in [5, 5.41) is 18.2. The first-order valence-corrected chi connectivity index (χ1v) is 6.77. The lowest BCUT2D eigenvalue weighted by Crippen LogP contribution is -2.11. The first kappa shape index (κ1) is 16.5. The smallest absolute Gasteiger partial charge is 0.337 e. The van der Waals surface area contributed by atoms with Crippen molar-refractivity contribution in [3.05, 3.63) is 34.9 Å². The van der Waals surface area contributed by atoms with E-state index in [4.69, 9.17) is 21.4 Å². The number of carbonyl (C=O) groups is 2. The van der Waals surface area contributed by atoms with Crippen LogP contribution in [0.4, 0.5) is 0 Å². The summed E-state index contributed by atoms with van der Waals surface area (Å²) in [6.07, 6.45) is -0.876. The van der Waals surface area contributed by atoms with E-state index < -0.39 is 12.1 Å². The van der Waals surface area contributed by atoms with Gasteiger partial charge in [0, 0.05) is 12.3 Å². The Bertz CT molecular complexity index is 486. The van der Waals surface area contributed by atoms with Crippen molar-refractivity contribution in [2.24, 2.45) is 0 Å². The number of carboxylic acids is 1. The van der Waals surface area contributed by atoms with Gasteiger partial charge in [-0.25, -0.2) is 4.79 Å². The number of hydrogen-bond donors (Lipinski definition) is 2. The molecule has 0 fully saturated rings. The van der Waals surface area contributed by atoms with Crippen LogP contribution in [0.15, 0.2) is 18.2 Å². The summed E-state index contributed by atoms with van der Waals surface area (Å²) in [7, 11) is 0. The lowest BCUT2D eigenvalue weighted by atomic mass is 9.99. The van der Waals surface area contributed by atoms with E-state index in [-0.39, 0.29) is 23.8 Å². The van der Waals surface area contributed by atoms with E-state index >= 15 is 0 Å². The predicted octanol–water partition coefficient (Wildman–Crippen LogP) is 2.04. The van der Waals surface area contributed by atoms with Gasteiger partial charge in [0.15, 0.2) is 6.10 Å². The van der Waals surface area contributed by atoms with E-state index in [1.807, 2.05) is 0 Å². The van der Waals surface area contributed by atoms with Crippen molar-refractivity contribution in [3.63, 3.8) is 0 Å². The molecule has 110 valence electrons. The van der Waals surface area contributed by atoms with Crippen LogP contribution in [0.2, 0.25) is 0 Å². The van der Waals surface area contributed by atoms with Gasteiger partial charge >= 0.3 is 11.9 Å². The van der Waals surface area contributed by atoms with Crippen molar-refractivity contribution in [1.29, 1.82) is 0 Å². The lowest BCUT2D eigenvalue weighted by Gasteiger charge is -2.11. The summed E-state index contributed by atoms with van der Waals surface area (Å²) in [6, 6.07) is 4.75. The minimum absolute atomic E-state index is 0.179. The molecule has 1 unspecified atom stereocenters. The quantitative estimate of drug-likeness (QED) is 0.594. The van der Waals surface area contributed by atoms with E-state index in [0.29, 0.717) is 18.6 Å². The number of halogens is 1. The molecule has 0 heterocycles. The van der Waals surface area contributed by atoms with Crippen molar-refractivity contribution in [2.75, 3.05) is 6.61 Å². The minimum Gasteiger partial charge on any atom is -0.479 e. The van der Waals surface area contributed by atoms with Gasteiger partial charge < -0.3 is 14.9 Å². The van der Waals surface area contributed by atoms with Gasteiger partial charge in [0.25, 0.3) is 0 Å². The third-order valence-electron chi connectivity index (χ3n) is 2.83. The molecule has 1 rings (SSSR count). The number of carbonyl (C=O) groups excluding carboxylic acids is 1. The maximum atomic E-state index is 11.3. The van der Waals surface area contributed by atoms with Crippen LogP contribution < -0.4 is 0 Å². The second-order valence-electron chi connectivity index (χ2n) is 4.21. The fourth-order valence-corrected chi connectivity index (χ4v) is 2.05. The van der Waals surface area contributed by atoms with E-state index in [1.54, 1.807) is 19.1 Å². The summed E-state index contributed by atoms with van der Waals surface area (Å²) < 4.78 is 4.84. The van der Waals surface area contributed by atoms with Crippen LogP contribution in [0, 0.1) is 0 Å². The van der Waals surface area contributed by atoms with Crippen LogP contribution in [-0.4, -0.2) is 28.8 Å². The monoisotopic (exact) mass is 300 g/mol. The Morgan fingerprint density at radius 3 is 2.60 bits per heavy atom. The zero-order valence-corrected chi connectivity index (χ0v) is 11.9. The van der Waals surface area contributed by atoms with Crippen molar-refractivity contribution < 1.29 is 24.5 Å². The Morgan fingerprint density at radius 2 is 2.05 bits per heavy atom. The number of aryl methyl sites for hydroxylation is 1. The first-order chi connectivity index (χ1) is 9.49. The minimum atomic E-state index is -1.57. The number of benzene rings is 1. The fraction of sp³-hybridized carbons (Fsp3) is 0.429. The molecule has 0 saturated heterocycles. The van der Waals surface area contributed by atoms with Gasteiger partial charge in [0.2, 0.25) is 0 Å². The summed E-state index contributed by atoms with van der Waals surface area (Å²) in [5.74, 6) is -1.43. The molecule has 5 nitrogen and oxygen atoms in total. The Balaban J connectivity index is 2.83. The molecule has 0 aliphatic carbocycles. The number of aliphatic hydroxyl groups is 1. The summed E-state index contributed by atoms with van der Waals surface area (Å²) in [4.78, 5) is 22.0. The number of aliphatic carboxylic acids is 1.